The van der Waals surface area contributed by atoms with Crippen molar-refractivity contribution < 1.29 is 24.8 Å². The predicted octanol–water partition coefficient (Wildman–Crippen LogP) is -1.19. The Hall–Kier alpha value is -2.01. The van der Waals surface area contributed by atoms with Gasteiger partial charge in [0.15, 0.2) is 23.2 Å². The molecule has 126 valence electrons. The summed E-state index contributed by atoms with van der Waals surface area (Å²) in [5.41, 5.74) is 6.50. The first-order valence-corrected chi connectivity index (χ1v) is 7.21. The van der Waals surface area contributed by atoms with Crippen LogP contribution in [0.15, 0.2) is 6.33 Å². The molecule has 0 aliphatic carbocycles. The molecule has 4 atom stereocenters. The molecule has 0 radical (unpaired) electrons. The smallest absolute Gasteiger partial charge is 0.320 e. The van der Waals surface area contributed by atoms with Crippen molar-refractivity contribution in [2.45, 2.75) is 44.5 Å². The van der Waals surface area contributed by atoms with E-state index in [0.717, 1.165) is 0 Å². The molecule has 0 amide bonds. The van der Waals surface area contributed by atoms with Gasteiger partial charge in [-0.2, -0.15) is 9.97 Å². The summed E-state index contributed by atoms with van der Waals surface area (Å²) < 4.78 is 12.4. The molecule has 2 aromatic heterocycles. The number of rotatable bonds is 4. The highest BCUT2D eigenvalue weighted by molar-refractivity contribution is 5.82. The van der Waals surface area contributed by atoms with E-state index in [9.17, 15) is 15.3 Å². The lowest BCUT2D eigenvalue weighted by atomic mass is 10.1. The van der Waals surface area contributed by atoms with Crippen molar-refractivity contribution in [1.29, 1.82) is 0 Å². The maximum absolute atomic E-state index is 10.1. The highest BCUT2D eigenvalue weighted by Crippen LogP contribution is 2.32. The monoisotopic (exact) mass is 325 g/mol. The third-order valence-corrected chi connectivity index (χ3v) is 3.56. The van der Waals surface area contributed by atoms with Gasteiger partial charge >= 0.3 is 6.01 Å². The lowest BCUT2D eigenvalue weighted by Gasteiger charge is -2.17. The van der Waals surface area contributed by atoms with Crippen LogP contribution in [0.2, 0.25) is 0 Å². The number of anilines is 1. The fourth-order valence-corrected chi connectivity index (χ4v) is 2.48. The van der Waals surface area contributed by atoms with Crippen LogP contribution in [0.4, 0.5) is 5.82 Å². The lowest BCUT2D eigenvalue weighted by molar-refractivity contribution is -0.0511. The number of aliphatic hydroxyl groups excluding tert-OH is 3. The highest BCUT2D eigenvalue weighted by Gasteiger charge is 2.44. The Balaban J connectivity index is 2.03. The van der Waals surface area contributed by atoms with Gasteiger partial charge in [0.1, 0.15) is 18.3 Å². The molecule has 10 nitrogen and oxygen atoms in total. The van der Waals surface area contributed by atoms with Crippen LogP contribution >= 0.6 is 0 Å². The molecule has 0 bridgehead atoms. The van der Waals surface area contributed by atoms with Crippen molar-refractivity contribution >= 4 is 17.0 Å². The van der Waals surface area contributed by atoms with Gasteiger partial charge in [-0.15, -0.1) is 0 Å². The van der Waals surface area contributed by atoms with Crippen LogP contribution in [0, 0.1) is 0 Å². The average Bonchev–Trinajstić information content (AvgIpc) is 3.01. The molecule has 3 heterocycles. The van der Waals surface area contributed by atoms with Crippen LogP contribution < -0.4 is 10.5 Å². The fourth-order valence-electron chi connectivity index (χ4n) is 2.48. The zero-order chi connectivity index (χ0) is 16.7. The highest BCUT2D eigenvalue weighted by atomic mass is 16.6. The number of ether oxygens (including phenoxy) is 2. The average molecular weight is 325 g/mol. The Morgan fingerprint density at radius 3 is 2.70 bits per heavy atom. The molecular weight excluding hydrogens is 306 g/mol. The Morgan fingerprint density at radius 1 is 1.35 bits per heavy atom. The number of nitrogens with zero attached hydrogens (tertiary/aromatic N) is 4. The molecule has 1 aliphatic rings. The summed E-state index contributed by atoms with van der Waals surface area (Å²) in [6.45, 7) is 3.24. The maximum atomic E-state index is 10.1. The minimum absolute atomic E-state index is 0.0819. The van der Waals surface area contributed by atoms with Crippen molar-refractivity contribution in [3.63, 3.8) is 0 Å². The van der Waals surface area contributed by atoms with Gasteiger partial charge in [0, 0.05) is 0 Å². The molecule has 1 fully saturated rings. The third-order valence-electron chi connectivity index (χ3n) is 3.56. The van der Waals surface area contributed by atoms with Gasteiger partial charge in [-0.05, 0) is 13.8 Å². The molecule has 5 N–H and O–H groups in total. The van der Waals surface area contributed by atoms with Crippen molar-refractivity contribution in [3.8, 4) is 6.01 Å². The molecule has 10 heteroatoms. The van der Waals surface area contributed by atoms with Crippen molar-refractivity contribution in [2.24, 2.45) is 0 Å². The Morgan fingerprint density at radius 2 is 2.09 bits per heavy atom. The molecule has 1 saturated heterocycles. The van der Waals surface area contributed by atoms with Gasteiger partial charge in [-0.1, -0.05) is 0 Å². The van der Waals surface area contributed by atoms with E-state index in [2.05, 4.69) is 15.0 Å². The van der Waals surface area contributed by atoms with Crippen molar-refractivity contribution in [1.82, 2.24) is 19.5 Å². The Labute approximate surface area is 131 Å². The minimum Gasteiger partial charge on any atom is -0.461 e. The van der Waals surface area contributed by atoms with Crippen LogP contribution in [0.5, 0.6) is 6.01 Å². The van der Waals surface area contributed by atoms with Gasteiger partial charge in [-0.3, -0.25) is 4.57 Å². The van der Waals surface area contributed by atoms with E-state index in [-0.39, 0.29) is 17.9 Å². The normalized spacial score (nSPS) is 27.9. The van der Waals surface area contributed by atoms with E-state index in [4.69, 9.17) is 15.2 Å². The zero-order valence-electron chi connectivity index (χ0n) is 12.7. The largest absolute Gasteiger partial charge is 0.461 e. The molecule has 23 heavy (non-hydrogen) atoms. The topological polar surface area (TPSA) is 149 Å². The number of imidazole rings is 1. The van der Waals surface area contributed by atoms with Crippen LogP contribution in [-0.4, -0.2) is 65.9 Å². The van der Waals surface area contributed by atoms with Gasteiger partial charge < -0.3 is 30.5 Å². The fraction of sp³-hybridized carbons (Fsp3) is 0.615. The summed E-state index contributed by atoms with van der Waals surface area (Å²) in [5, 5.41) is 29.2. The van der Waals surface area contributed by atoms with E-state index in [1.807, 2.05) is 13.8 Å². The molecule has 2 aromatic rings. The number of nitrogen functional groups attached to an aromatic ring is 1. The second kappa shape index (κ2) is 5.89. The summed E-state index contributed by atoms with van der Waals surface area (Å²) in [7, 11) is 0. The SMILES string of the molecule is CC(C)Oc1nc(N)c2ncn([C@@H]3O[C@H](CO)C(O)C3O)c2n1. The first-order valence-electron chi connectivity index (χ1n) is 7.21. The summed E-state index contributed by atoms with van der Waals surface area (Å²) >= 11 is 0. The zero-order valence-corrected chi connectivity index (χ0v) is 12.7. The van der Waals surface area contributed by atoms with Crippen molar-refractivity contribution in [3.05, 3.63) is 6.33 Å². The van der Waals surface area contributed by atoms with Crippen LogP contribution in [-0.2, 0) is 4.74 Å². The molecule has 3 rings (SSSR count). The Kier molecular flexibility index (Phi) is 4.06. The Bertz CT molecular complexity index is 705. The van der Waals surface area contributed by atoms with Crippen LogP contribution in [0.25, 0.3) is 11.2 Å². The molecule has 0 spiro atoms. The van der Waals surface area contributed by atoms with E-state index in [1.54, 1.807) is 0 Å². The van der Waals surface area contributed by atoms with Gasteiger partial charge in [0.25, 0.3) is 0 Å². The molecule has 0 aromatic carbocycles. The van der Waals surface area contributed by atoms with Gasteiger partial charge in [-0.25, -0.2) is 4.98 Å². The third kappa shape index (κ3) is 2.70. The number of nitrogens with two attached hydrogens (primary N) is 1. The standard InChI is InChI=1S/C13H19N5O5/c1-5(2)22-13-16-10(14)7-11(17-13)18(4-15-7)12-9(21)8(20)6(3-19)23-12/h4-6,8-9,12,19-21H,3H2,1-2H3,(H2,14,16,17)/t6-,8?,9?,12-/m1/s1. The summed E-state index contributed by atoms with van der Waals surface area (Å²) in [6, 6.07) is 0.0819. The van der Waals surface area contributed by atoms with Gasteiger partial charge in [0.2, 0.25) is 0 Å². The summed E-state index contributed by atoms with van der Waals surface area (Å²) in [6.07, 6.45) is -3.05. The number of hydrogen-bond donors (Lipinski definition) is 4. The first kappa shape index (κ1) is 15.9. The lowest BCUT2D eigenvalue weighted by Crippen LogP contribution is -2.33. The number of aromatic nitrogens is 4. The molecule has 1 aliphatic heterocycles. The second-order valence-electron chi connectivity index (χ2n) is 5.61. The van der Waals surface area contributed by atoms with Crippen molar-refractivity contribution in [2.75, 3.05) is 12.3 Å². The number of aliphatic hydroxyl groups is 3. The second-order valence-corrected chi connectivity index (χ2v) is 5.61. The summed E-state index contributed by atoms with van der Waals surface area (Å²) in [4.78, 5) is 12.4. The molecular formula is C13H19N5O5. The van der Waals surface area contributed by atoms with Gasteiger partial charge in [0.05, 0.1) is 19.0 Å². The van der Waals surface area contributed by atoms with Crippen LogP contribution in [0.3, 0.4) is 0 Å². The quantitative estimate of drug-likeness (QED) is 0.544. The molecule has 0 saturated carbocycles. The number of fused-ring (bicyclic) bond motifs is 1. The summed E-state index contributed by atoms with van der Waals surface area (Å²) in [5.74, 6) is 0.135. The van der Waals surface area contributed by atoms with E-state index in [0.29, 0.717) is 11.2 Å². The first-order chi connectivity index (χ1) is 10.9. The van der Waals surface area contributed by atoms with E-state index < -0.39 is 31.1 Å². The predicted molar refractivity (Wildman–Crippen MR) is 78.5 cm³/mol. The molecule has 2 unspecified atom stereocenters. The number of hydrogen-bond acceptors (Lipinski definition) is 9. The minimum atomic E-state index is -1.24. The maximum Gasteiger partial charge on any atom is 0.320 e. The van der Waals surface area contributed by atoms with E-state index >= 15 is 0 Å². The van der Waals surface area contributed by atoms with E-state index in [1.165, 1.54) is 10.9 Å². The van der Waals surface area contributed by atoms with Crippen LogP contribution in [0.1, 0.15) is 20.1 Å².